The fourth-order valence-corrected chi connectivity index (χ4v) is 4.71. The highest BCUT2D eigenvalue weighted by atomic mass is 32.2. The second-order valence-corrected chi connectivity index (χ2v) is 8.72. The molecule has 0 fully saturated rings. The first kappa shape index (κ1) is 22.6. The van der Waals surface area contributed by atoms with Gasteiger partial charge in [-0.05, 0) is 30.3 Å². The maximum absolute atomic E-state index is 13.3. The number of hydrogen-bond acceptors (Lipinski definition) is 5. The van der Waals surface area contributed by atoms with Crippen LogP contribution in [-0.4, -0.2) is 22.4 Å². The molecule has 0 aliphatic rings. The smallest absolute Gasteiger partial charge is 0.368 e. The van der Waals surface area contributed by atoms with Gasteiger partial charge in [-0.2, -0.15) is 26.3 Å². The van der Waals surface area contributed by atoms with Gasteiger partial charge in [0.25, 0.3) is 10.0 Å². The summed E-state index contributed by atoms with van der Waals surface area (Å²) >= 11 is 0. The summed E-state index contributed by atoms with van der Waals surface area (Å²) in [5, 5.41) is 0.335. The van der Waals surface area contributed by atoms with Crippen LogP contribution in [0.4, 0.5) is 32.3 Å². The summed E-state index contributed by atoms with van der Waals surface area (Å²) < 4.78 is 107. The molecule has 172 valence electrons. The zero-order valence-electron chi connectivity index (χ0n) is 16.2. The number of para-hydroxylation sites is 1. The highest BCUT2D eigenvalue weighted by Crippen LogP contribution is 2.39. The SMILES string of the molecule is Nc1nccc(-c2cn(S(=O)(=O)c3cc(C(F)(F)F)cc(C(F)(F)F)c3)c3ccccc23)n1. The Morgan fingerprint density at radius 1 is 0.879 bits per heavy atom. The molecule has 0 aliphatic heterocycles. The van der Waals surface area contributed by atoms with Crippen molar-refractivity contribution in [3.63, 3.8) is 0 Å². The van der Waals surface area contributed by atoms with E-state index in [4.69, 9.17) is 5.73 Å². The van der Waals surface area contributed by atoms with Gasteiger partial charge in [-0.1, -0.05) is 18.2 Å². The van der Waals surface area contributed by atoms with Gasteiger partial charge in [0, 0.05) is 23.3 Å². The number of nitrogen functional groups attached to an aromatic ring is 1. The Balaban J connectivity index is 2.00. The van der Waals surface area contributed by atoms with Crippen molar-refractivity contribution in [1.29, 1.82) is 0 Å². The molecule has 2 aromatic carbocycles. The van der Waals surface area contributed by atoms with E-state index < -0.39 is 38.4 Å². The van der Waals surface area contributed by atoms with E-state index >= 15 is 0 Å². The topological polar surface area (TPSA) is 90.9 Å². The van der Waals surface area contributed by atoms with Crippen molar-refractivity contribution in [3.8, 4) is 11.3 Å². The number of nitrogens with two attached hydrogens (primary N) is 1. The molecule has 0 saturated heterocycles. The molecular weight excluding hydrogens is 474 g/mol. The minimum Gasteiger partial charge on any atom is -0.368 e. The molecular formula is C20H12F6N4O2S. The molecule has 0 saturated carbocycles. The fraction of sp³-hybridized carbons (Fsp3) is 0.100. The maximum Gasteiger partial charge on any atom is 0.416 e. The van der Waals surface area contributed by atoms with Gasteiger partial charge < -0.3 is 5.73 Å². The van der Waals surface area contributed by atoms with Crippen molar-refractivity contribution in [1.82, 2.24) is 13.9 Å². The van der Waals surface area contributed by atoms with Crippen LogP contribution in [0.15, 0.2) is 65.8 Å². The van der Waals surface area contributed by atoms with Crippen molar-refractivity contribution < 1.29 is 34.8 Å². The second kappa shape index (κ2) is 7.47. The Labute approximate surface area is 182 Å². The van der Waals surface area contributed by atoms with E-state index in [2.05, 4.69) is 9.97 Å². The quantitative estimate of drug-likeness (QED) is 0.414. The number of anilines is 1. The third-order valence-corrected chi connectivity index (χ3v) is 6.40. The first-order valence-electron chi connectivity index (χ1n) is 9.02. The van der Waals surface area contributed by atoms with E-state index in [1.54, 1.807) is 6.07 Å². The van der Waals surface area contributed by atoms with E-state index in [9.17, 15) is 34.8 Å². The summed E-state index contributed by atoms with van der Waals surface area (Å²) in [6.07, 6.45) is -8.02. The molecule has 0 atom stereocenters. The van der Waals surface area contributed by atoms with Crippen molar-refractivity contribution in [2.24, 2.45) is 0 Å². The van der Waals surface area contributed by atoms with Gasteiger partial charge in [-0.3, -0.25) is 0 Å². The van der Waals surface area contributed by atoms with E-state index in [0.717, 1.165) is 6.20 Å². The summed E-state index contributed by atoms with van der Waals surface area (Å²) in [7, 11) is -4.89. The number of nitrogens with zero attached hydrogens (tertiary/aromatic N) is 3. The number of halogens is 6. The van der Waals surface area contributed by atoms with Gasteiger partial charge in [0.1, 0.15) is 0 Å². The molecule has 2 aromatic heterocycles. The van der Waals surface area contributed by atoms with Gasteiger partial charge in [0.15, 0.2) is 0 Å². The lowest BCUT2D eigenvalue weighted by Gasteiger charge is -2.15. The van der Waals surface area contributed by atoms with Crippen LogP contribution in [-0.2, 0) is 22.4 Å². The van der Waals surface area contributed by atoms with Gasteiger partial charge in [0.2, 0.25) is 5.95 Å². The molecule has 0 spiro atoms. The Morgan fingerprint density at radius 2 is 1.48 bits per heavy atom. The number of fused-ring (bicyclic) bond motifs is 1. The summed E-state index contributed by atoms with van der Waals surface area (Å²) in [6.45, 7) is 0. The van der Waals surface area contributed by atoms with E-state index in [0.29, 0.717) is 9.36 Å². The van der Waals surface area contributed by atoms with Gasteiger partial charge in [-0.15, -0.1) is 0 Å². The average Bonchev–Trinajstić information content (AvgIpc) is 3.13. The van der Waals surface area contributed by atoms with Crippen molar-refractivity contribution in [2.45, 2.75) is 17.2 Å². The number of benzene rings is 2. The van der Waals surface area contributed by atoms with E-state index in [-0.39, 0.29) is 40.9 Å². The molecule has 6 nitrogen and oxygen atoms in total. The highest BCUT2D eigenvalue weighted by molar-refractivity contribution is 7.90. The number of alkyl halides is 6. The minimum atomic E-state index is -5.20. The predicted molar refractivity (Wildman–Crippen MR) is 106 cm³/mol. The van der Waals surface area contributed by atoms with Crippen LogP contribution in [0.25, 0.3) is 22.2 Å². The van der Waals surface area contributed by atoms with Crippen molar-refractivity contribution in [2.75, 3.05) is 5.73 Å². The van der Waals surface area contributed by atoms with Crippen LogP contribution in [0.1, 0.15) is 11.1 Å². The van der Waals surface area contributed by atoms with Crippen molar-refractivity contribution in [3.05, 3.63) is 72.1 Å². The van der Waals surface area contributed by atoms with E-state index in [1.807, 2.05) is 0 Å². The molecule has 33 heavy (non-hydrogen) atoms. The largest absolute Gasteiger partial charge is 0.416 e. The lowest BCUT2D eigenvalue weighted by atomic mass is 10.1. The first-order valence-corrected chi connectivity index (χ1v) is 10.5. The molecule has 0 unspecified atom stereocenters. The predicted octanol–water partition coefficient (Wildman–Crippen LogP) is 4.96. The fourth-order valence-electron chi connectivity index (χ4n) is 3.27. The summed E-state index contributed by atoms with van der Waals surface area (Å²) in [4.78, 5) is 6.59. The molecule has 0 bridgehead atoms. The first-order chi connectivity index (χ1) is 15.3. The zero-order chi connectivity index (χ0) is 24.2. The van der Waals surface area contributed by atoms with Crippen LogP contribution in [0.5, 0.6) is 0 Å². The average molecular weight is 486 g/mol. The number of rotatable bonds is 3. The summed E-state index contributed by atoms with van der Waals surface area (Å²) in [5.74, 6) is -0.111. The summed E-state index contributed by atoms with van der Waals surface area (Å²) in [6, 6.07) is 7.58. The second-order valence-electron chi connectivity index (χ2n) is 6.90. The Kier molecular flexibility index (Phi) is 5.11. The minimum absolute atomic E-state index is 0.0238. The summed E-state index contributed by atoms with van der Waals surface area (Å²) in [5.41, 5.74) is 2.58. The van der Waals surface area contributed by atoms with Gasteiger partial charge in [0.05, 0.1) is 27.2 Å². The van der Waals surface area contributed by atoms with Crippen LogP contribution in [0.2, 0.25) is 0 Å². The monoisotopic (exact) mass is 486 g/mol. The molecule has 13 heteroatoms. The Hall–Kier alpha value is -3.61. The number of aromatic nitrogens is 3. The Bertz CT molecular complexity index is 1440. The standard InChI is InChI=1S/C20H12F6N4O2S/c21-19(22,23)11-7-12(20(24,25)26)9-13(8-11)33(31,32)30-10-15(14-3-1-2-4-17(14)30)16-5-6-28-18(27)29-16/h1-10H,(H2,27,28,29). The van der Waals surface area contributed by atoms with Gasteiger partial charge >= 0.3 is 12.4 Å². The van der Waals surface area contributed by atoms with Crippen LogP contribution >= 0.6 is 0 Å². The third-order valence-electron chi connectivity index (χ3n) is 4.75. The zero-order valence-corrected chi connectivity index (χ0v) is 17.0. The number of hydrogen-bond donors (Lipinski definition) is 1. The van der Waals surface area contributed by atoms with E-state index in [1.165, 1.54) is 30.5 Å². The maximum atomic E-state index is 13.3. The molecule has 4 rings (SSSR count). The van der Waals surface area contributed by atoms with Crippen LogP contribution in [0, 0.1) is 0 Å². The van der Waals surface area contributed by atoms with Crippen LogP contribution < -0.4 is 5.73 Å². The van der Waals surface area contributed by atoms with Gasteiger partial charge in [-0.25, -0.2) is 22.4 Å². The normalized spacial score (nSPS) is 12.9. The lowest BCUT2D eigenvalue weighted by Crippen LogP contribution is -2.17. The molecule has 2 N–H and O–H groups in total. The molecule has 0 amide bonds. The molecule has 0 radical (unpaired) electrons. The van der Waals surface area contributed by atoms with Crippen LogP contribution in [0.3, 0.4) is 0 Å². The van der Waals surface area contributed by atoms with Crippen molar-refractivity contribution >= 4 is 26.9 Å². The molecule has 2 heterocycles. The molecule has 0 aliphatic carbocycles. The highest BCUT2D eigenvalue weighted by Gasteiger charge is 2.38. The third kappa shape index (κ3) is 4.11. The Morgan fingerprint density at radius 3 is 2.06 bits per heavy atom. The molecule has 4 aromatic rings. The lowest BCUT2D eigenvalue weighted by molar-refractivity contribution is -0.143.